The summed E-state index contributed by atoms with van der Waals surface area (Å²) in [5.74, 6) is -1.44. The molecule has 3 amide bonds. The van der Waals surface area contributed by atoms with Crippen molar-refractivity contribution in [2.75, 3.05) is 11.9 Å². The van der Waals surface area contributed by atoms with Gasteiger partial charge in [0.25, 0.3) is 17.7 Å². The van der Waals surface area contributed by atoms with Crippen molar-refractivity contribution in [1.29, 1.82) is 0 Å². The molecule has 0 spiro atoms. The van der Waals surface area contributed by atoms with Crippen LogP contribution in [-0.2, 0) is 9.53 Å². The first-order valence-electron chi connectivity index (χ1n) is 11.7. The van der Waals surface area contributed by atoms with Crippen molar-refractivity contribution < 1.29 is 28.7 Å². The van der Waals surface area contributed by atoms with E-state index in [2.05, 4.69) is 5.32 Å². The van der Waals surface area contributed by atoms with Crippen molar-refractivity contribution in [3.8, 4) is 5.75 Å². The number of nitrogens with zero attached hydrogens (tertiary/aromatic N) is 1. The molecule has 1 atom stereocenters. The summed E-state index contributed by atoms with van der Waals surface area (Å²) in [4.78, 5) is 52.4. The smallest absolute Gasteiger partial charge is 0.338 e. The lowest BCUT2D eigenvalue weighted by atomic mass is 9.94. The zero-order valence-electron chi connectivity index (χ0n) is 19.3. The van der Waals surface area contributed by atoms with Crippen LogP contribution in [0.1, 0.15) is 77.0 Å². The van der Waals surface area contributed by atoms with Crippen molar-refractivity contribution in [3.05, 3.63) is 59.2 Å². The van der Waals surface area contributed by atoms with E-state index in [1.807, 2.05) is 6.92 Å². The first kappa shape index (κ1) is 23.5. The number of hydrogen-bond acceptors (Lipinski definition) is 6. The van der Waals surface area contributed by atoms with Gasteiger partial charge >= 0.3 is 5.97 Å². The zero-order chi connectivity index (χ0) is 24.2. The van der Waals surface area contributed by atoms with Crippen LogP contribution in [-0.4, -0.2) is 47.3 Å². The summed E-state index contributed by atoms with van der Waals surface area (Å²) in [6.45, 7) is 3.74. The molecular weight excluding hydrogens is 436 g/mol. The minimum atomic E-state index is -1.09. The molecule has 2 aromatic rings. The van der Waals surface area contributed by atoms with E-state index in [0.717, 1.165) is 32.1 Å². The summed E-state index contributed by atoms with van der Waals surface area (Å²) in [5.41, 5.74) is 1.08. The fourth-order valence-electron chi connectivity index (χ4n) is 4.43. The van der Waals surface area contributed by atoms with Crippen molar-refractivity contribution >= 4 is 29.4 Å². The van der Waals surface area contributed by atoms with Crippen molar-refractivity contribution in [2.45, 2.75) is 58.1 Å². The largest absolute Gasteiger partial charge is 0.492 e. The van der Waals surface area contributed by atoms with E-state index in [1.165, 1.54) is 30.0 Å². The normalized spacial score (nSPS) is 16.7. The van der Waals surface area contributed by atoms with Gasteiger partial charge < -0.3 is 14.8 Å². The molecule has 2 aromatic carbocycles. The predicted octanol–water partition coefficient (Wildman–Crippen LogP) is 4.20. The maximum absolute atomic E-state index is 13.0. The summed E-state index contributed by atoms with van der Waals surface area (Å²) in [6, 6.07) is 11.2. The number of para-hydroxylation sites is 2. The van der Waals surface area contributed by atoms with E-state index in [1.54, 1.807) is 24.3 Å². The molecule has 1 saturated carbocycles. The molecule has 1 fully saturated rings. The third kappa shape index (κ3) is 4.66. The fourth-order valence-corrected chi connectivity index (χ4v) is 4.43. The molecule has 1 unspecified atom stereocenters. The lowest BCUT2D eigenvalue weighted by Gasteiger charge is -2.29. The van der Waals surface area contributed by atoms with E-state index in [0.29, 0.717) is 23.6 Å². The Morgan fingerprint density at radius 1 is 1.03 bits per heavy atom. The van der Waals surface area contributed by atoms with Gasteiger partial charge in [-0.15, -0.1) is 0 Å². The monoisotopic (exact) mass is 464 g/mol. The van der Waals surface area contributed by atoms with Crippen LogP contribution in [0.5, 0.6) is 5.75 Å². The Morgan fingerprint density at radius 2 is 1.74 bits per heavy atom. The van der Waals surface area contributed by atoms with Crippen LogP contribution < -0.4 is 10.1 Å². The number of amides is 3. The standard InChI is InChI=1S/C26H28N2O6/c1-3-33-22-12-8-7-11-21(22)27-23(29)16(2)34-26(32)17-13-14-19-20(15-17)25(31)28(24(19)30)18-9-5-4-6-10-18/h7-8,11-16,18H,3-6,9-10H2,1-2H3,(H,27,29). The molecule has 0 aromatic heterocycles. The van der Waals surface area contributed by atoms with Gasteiger partial charge in [-0.1, -0.05) is 31.4 Å². The number of ether oxygens (including phenoxy) is 2. The van der Waals surface area contributed by atoms with Crippen LogP contribution in [0.2, 0.25) is 0 Å². The summed E-state index contributed by atoms with van der Waals surface area (Å²) in [7, 11) is 0. The van der Waals surface area contributed by atoms with Gasteiger partial charge in [-0.05, 0) is 57.0 Å². The second-order valence-electron chi connectivity index (χ2n) is 8.50. The third-order valence-corrected chi connectivity index (χ3v) is 6.19. The van der Waals surface area contributed by atoms with E-state index in [9.17, 15) is 19.2 Å². The van der Waals surface area contributed by atoms with Crippen molar-refractivity contribution in [3.63, 3.8) is 0 Å². The molecule has 2 aliphatic rings. The van der Waals surface area contributed by atoms with Gasteiger partial charge in [-0.3, -0.25) is 19.3 Å². The van der Waals surface area contributed by atoms with Crippen LogP contribution >= 0.6 is 0 Å². The summed E-state index contributed by atoms with van der Waals surface area (Å²) < 4.78 is 10.8. The van der Waals surface area contributed by atoms with Gasteiger partial charge in [0.2, 0.25) is 0 Å². The molecule has 34 heavy (non-hydrogen) atoms. The van der Waals surface area contributed by atoms with Gasteiger partial charge in [0.15, 0.2) is 6.10 Å². The van der Waals surface area contributed by atoms with E-state index < -0.39 is 18.0 Å². The molecular formula is C26H28N2O6. The fraction of sp³-hybridized carbons (Fsp3) is 0.385. The van der Waals surface area contributed by atoms with Crippen LogP contribution in [0.3, 0.4) is 0 Å². The first-order valence-corrected chi connectivity index (χ1v) is 11.7. The molecule has 8 nitrogen and oxygen atoms in total. The maximum atomic E-state index is 13.0. The molecule has 1 N–H and O–H groups in total. The predicted molar refractivity (Wildman–Crippen MR) is 125 cm³/mol. The quantitative estimate of drug-likeness (QED) is 0.487. The second kappa shape index (κ2) is 10.1. The van der Waals surface area contributed by atoms with Crippen molar-refractivity contribution in [1.82, 2.24) is 4.90 Å². The molecule has 1 aliphatic carbocycles. The number of carbonyl (C=O) groups is 4. The molecule has 0 saturated heterocycles. The number of fused-ring (bicyclic) bond motifs is 1. The molecule has 178 valence electrons. The average Bonchev–Trinajstić information content (AvgIpc) is 3.10. The SMILES string of the molecule is CCOc1ccccc1NC(=O)C(C)OC(=O)c1ccc2c(c1)C(=O)N(C1CCCCC1)C2=O. The summed E-state index contributed by atoms with van der Waals surface area (Å²) in [5, 5.41) is 2.70. The van der Waals surface area contributed by atoms with Gasteiger partial charge in [0, 0.05) is 6.04 Å². The van der Waals surface area contributed by atoms with E-state index in [-0.39, 0.29) is 29.0 Å². The highest BCUT2D eigenvalue weighted by atomic mass is 16.5. The summed E-state index contributed by atoms with van der Waals surface area (Å²) >= 11 is 0. The maximum Gasteiger partial charge on any atom is 0.338 e. The number of anilines is 1. The Labute approximate surface area is 198 Å². The molecule has 0 bridgehead atoms. The average molecular weight is 465 g/mol. The molecule has 4 rings (SSSR count). The van der Waals surface area contributed by atoms with Gasteiger partial charge in [-0.2, -0.15) is 0 Å². The number of esters is 1. The minimum absolute atomic E-state index is 0.0974. The highest BCUT2D eigenvalue weighted by molar-refractivity contribution is 6.22. The van der Waals surface area contributed by atoms with Crippen LogP contribution in [0.4, 0.5) is 5.69 Å². The van der Waals surface area contributed by atoms with E-state index in [4.69, 9.17) is 9.47 Å². The number of rotatable bonds is 7. The zero-order valence-corrected chi connectivity index (χ0v) is 19.3. The van der Waals surface area contributed by atoms with Gasteiger partial charge in [-0.25, -0.2) is 4.79 Å². The Kier molecular flexibility index (Phi) is 6.95. The summed E-state index contributed by atoms with van der Waals surface area (Å²) in [6.07, 6.45) is 3.61. The molecule has 8 heteroatoms. The lowest BCUT2D eigenvalue weighted by Crippen LogP contribution is -2.40. The van der Waals surface area contributed by atoms with Gasteiger partial charge in [0.1, 0.15) is 5.75 Å². The Morgan fingerprint density at radius 3 is 2.47 bits per heavy atom. The Hall–Kier alpha value is -3.68. The number of benzene rings is 2. The number of imide groups is 1. The van der Waals surface area contributed by atoms with Crippen molar-refractivity contribution in [2.24, 2.45) is 0 Å². The Bertz CT molecular complexity index is 1120. The highest BCUT2D eigenvalue weighted by Crippen LogP contribution is 2.31. The van der Waals surface area contributed by atoms with E-state index >= 15 is 0 Å². The Balaban J connectivity index is 1.44. The topological polar surface area (TPSA) is 102 Å². The number of nitrogens with one attached hydrogen (secondary N) is 1. The third-order valence-electron chi connectivity index (χ3n) is 6.19. The highest BCUT2D eigenvalue weighted by Gasteiger charge is 2.40. The molecule has 1 aliphatic heterocycles. The first-order chi connectivity index (χ1) is 16.4. The van der Waals surface area contributed by atoms with Crippen LogP contribution in [0.25, 0.3) is 0 Å². The minimum Gasteiger partial charge on any atom is -0.492 e. The number of carbonyl (C=O) groups excluding carboxylic acids is 4. The number of hydrogen-bond donors (Lipinski definition) is 1. The van der Waals surface area contributed by atoms with Gasteiger partial charge in [0.05, 0.1) is 29.0 Å². The lowest BCUT2D eigenvalue weighted by molar-refractivity contribution is -0.123. The molecule has 0 radical (unpaired) electrons. The molecule has 1 heterocycles. The van der Waals surface area contributed by atoms with Crippen LogP contribution in [0, 0.1) is 0 Å². The van der Waals surface area contributed by atoms with Crippen LogP contribution in [0.15, 0.2) is 42.5 Å². The second-order valence-corrected chi connectivity index (χ2v) is 8.50.